The molecular formula is C13H17F3N2. The summed E-state index contributed by atoms with van der Waals surface area (Å²) in [6, 6.07) is 1.70. The molecule has 2 N–H and O–H groups in total. The molecule has 2 unspecified atom stereocenters. The van der Waals surface area contributed by atoms with Gasteiger partial charge in [-0.15, -0.1) is 0 Å². The molecule has 0 amide bonds. The summed E-state index contributed by atoms with van der Waals surface area (Å²) in [6.07, 6.45) is 0.840. The Morgan fingerprint density at radius 1 is 1.22 bits per heavy atom. The molecule has 1 heterocycles. The van der Waals surface area contributed by atoms with E-state index < -0.39 is 17.5 Å². The van der Waals surface area contributed by atoms with Gasteiger partial charge in [0.2, 0.25) is 0 Å². The largest absolute Gasteiger partial charge is 0.327 e. The van der Waals surface area contributed by atoms with E-state index in [1.807, 2.05) is 11.8 Å². The quantitative estimate of drug-likeness (QED) is 0.825. The van der Waals surface area contributed by atoms with Gasteiger partial charge in [-0.1, -0.05) is 6.92 Å². The van der Waals surface area contributed by atoms with Crippen LogP contribution in [0.4, 0.5) is 13.2 Å². The van der Waals surface area contributed by atoms with E-state index in [4.69, 9.17) is 5.73 Å². The molecule has 0 bridgehead atoms. The number of hydrogen-bond acceptors (Lipinski definition) is 2. The first kappa shape index (κ1) is 13.4. The van der Waals surface area contributed by atoms with Crippen LogP contribution in [0.25, 0.3) is 0 Å². The molecule has 1 aliphatic rings. The van der Waals surface area contributed by atoms with Crippen molar-refractivity contribution in [3.05, 3.63) is 35.1 Å². The molecule has 0 aromatic heterocycles. The Labute approximate surface area is 105 Å². The Bertz CT molecular complexity index is 436. The zero-order valence-corrected chi connectivity index (χ0v) is 10.3. The standard InChI is InChI=1S/C13H17F3N2/c1-8-6-18(3-2-13(8)17)7-9-4-11(15)12(16)5-10(9)14/h4-5,8,13H,2-3,6-7,17H2,1H3. The molecule has 1 fully saturated rings. The molecule has 1 saturated heterocycles. The average Bonchev–Trinajstić information content (AvgIpc) is 2.31. The van der Waals surface area contributed by atoms with Gasteiger partial charge >= 0.3 is 0 Å². The molecule has 0 radical (unpaired) electrons. The highest BCUT2D eigenvalue weighted by Crippen LogP contribution is 2.20. The zero-order chi connectivity index (χ0) is 13.3. The fraction of sp³-hybridized carbons (Fsp3) is 0.538. The summed E-state index contributed by atoms with van der Waals surface area (Å²) in [5.41, 5.74) is 6.09. The van der Waals surface area contributed by atoms with Crippen LogP contribution in [-0.4, -0.2) is 24.0 Å². The fourth-order valence-electron chi connectivity index (χ4n) is 2.32. The van der Waals surface area contributed by atoms with Gasteiger partial charge in [0.1, 0.15) is 5.82 Å². The van der Waals surface area contributed by atoms with Crippen LogP contribution in [0.15, 0.2) is 12.1 Å². The molecule has 1 aromatic rings. The minimum atomic E-state index is -1.15. The van der Waals surface area contributed by atoms with Crippen LogP contribution in [0, 0.1) is 23.4 Å². The molecule has 1 aromatic carbocycles. The van der Waals surface area contributed by atoms with Gasteiger partial charge in [-0.2, -0.15) is 0 Å². The normalized spacial score (nSPS) is 25.4. The predicted octanol–water partition coefficient (Wildman–Crippen LogP) is 2.27. The molecule has 2 nitrogen and oxygen atoms in total. The van der Waals surface area contributed by atoms with Gasteiger partial charge in [-0.25, -0.2) is 13.2 Å². The SMILES string of the molecule is CC1CN(Cc2cc(F)c(F)cc2F)CCC1N. The number of piperidine rings is 1. The lowest BCUT2D eigenvalue weighted by Crippen LogP contribution is -2.45. The van der Waals surface area contributed by atoms with Gasteiger partial charge in [0.25, 0.3) is 0 Å². The Morgan fingerprint density at radius 3 is 2.56 bits per heavy atom. The summed E-state index contributed by atoms with van der Waals surface area (Å²) in [4.78, 5) is 2.02. The second-order valence-corrected chi connectivity index (χ2v) is 5.02. The van der Waals surface area contributed by atoms with Crippen LogP contribution in [0.2, 0.25) is 0 Å². The minimum absolute atomic E-state index is 0.163. The van der Waals surface area contributed by atoms with Crippen LogP contribution >= 0.6 is 0 Å². The Hall–Kier alpha value is -1.07. The van der Waals surface area contributed by atoms with Crippen LogP contribution in [0.1, 0.15) is 18.9 Å². The van der Waals surface area contributed by atoms with E-state index in [0.29, 0.717) is 18.5 Å². The number of likely N-dealkylation sites (tertiary alicyclic amines) is 1. The third-order valence-electron chi connectivity index (χ3n) is 3.54. The molecule has 100 valence electrons. The number of nitrogens with zero attached hydrogens (tertiary/aromatic N) is 1. The average molecular weight is 258 g/mol. The molecule has 0 aliphatic carbocycles. The van der Waals surface area contributed by atoms with Crippen molar-refractivity contribution in [3.8, 4) is 0 Å². The van der Waals surface area contributed by atoms with Crippen LogP contribution in [-0.2, 0) is 6.54 Å². The van der Waals surface area contributed by atoms with E-state index in [1.54, 1.807) is 0 Å². The van der Waals surface area contributed by atoms with Gasteiger partial charge in [0.05, 0.1) is 0 Å². The first-order valence-corrected chi connectivity index (χ1v) is 6.08. The van der Waals surface area contributed by atoms with E-state index in [-0.39, 0.29) is 11.6 Å². The molecule has 0 spiro atoms. The Morgan fingerprint density at radius 2 is 1.89 bits per heavy atom. The van der Waals surface area contributed by atoms with Gasteiger partial charge in [-0.3, -0.25) is 4.90 Å². The zero-order valence-electron chi connectivity index (χ0n) is 10.3. The molecule has 1 aliphatic heterocycles. The summed E-state index contributed by atoms with van der Waals surface area (Å²) < 4.78 is 39.4. The maximum Gasteiger partial charge on any atom is 0.161 e. The van der Waals surface area contributed by atoms with E-state index >= 15 is 0 Å². The summed E-state index contributed by atoms with van der Waals surface area (Å²) in [6.45, 7) is 3.84. The molecule has 2 atom stereocenters. The van der Waals surface area contributed by atoms with Crippen molar-refractivity contribution < 1.29 is 13.2 Å². The Balaban J connectivity index is 2.08. The van der Waals surface area contributed by atoms with Crippen molar-refractivity contribution in [1.29, 1.82) is 0 Å². The van der Waals surface area contributed by atoms with Gasteiger partial charge in [-0.05, 0) is 24.9 Å². The first-order valence-electron chi connectivity index (χ1n) is 6.08. The second kappa shape index (κ2) is 5.28. The van der Waals surface area contributed by atoms with Gasteiger partial charge < -0.3 is 5.73 Å². The van der Waals surface area contributed by atoms with E-state index in [1.165, 1.54) is 0 Å². The van der Waals surface area contributed by atoms with Crippen molar-refractivity contribution >= 4 is 0 Å². The van der Waals surface area contributed by atoms with E-state index in [9.17, 15) is 13.2 Å². The first-order chi connectivity index (χ1) is 8.47. The number of nitrogens with two attached hydrogens (primary N) is 1. The maximum atomic E-state index is 13.5. The van der Waals surface area contributed by atoms with Gasteiger partial charge in [0, 0.05) is 30.8 Å². The molecule has 18 heavy (non-hydrogen) atoms. The lowest BCUT2D eigenvalue weighted by molar-refractivity contribution is 0.156. The highest BCUT2D eigenvalue weighted by atomic mass is 19.2. The van der Waals surface area contributed by atoms with Crippen molar-refractivity contribution in [2.45, 2.75) is 25.9 Å². The number of halogens is 3. The number of benzene rings is 1. The third kappa shape index (κ3) is 2.84. The fourth-order valence-corrected chi connectivity index (χ4v) is 2.32. The Kier molecular flexibility index (Phi) is 3.92. The highest BCUT2D eigenvalue weighted by Gasteiger charge is 2.24. The highest BCUT2D eigenvalue weighted by molar-refractivity contribution is 5.20. The third-order valence-corrected chi connectivity index (χ3v) is 3.54. The minimum Gasteiger partial charge on any atom is -0.327 e. The van der Waals surface area contributed by atoms with Crippen molar-refractivity contribution in [1.82, 2.24) is 4.90 Å². The predicted molar refractivity (Wildman–Crippen MR) is 63.3 cm³/mol. The summed E-state index contributed by atoms with van der Waals surface area (Å²) in [5.74, 6) is -2.53. The smallest absolute Gasteiger partial charge is 0.161 e. The van der Waals surface area contributed by atoms with E-state index in [2.05, 4.69) is 0 Å². The number of hydrogen-bond donors (Lipinski definition) is 1. The lowest BCUT2D eigenvalue weighted by atomic mass is 9.94. The molecule has 5 heteroatoms. The molecule has 0 saturated carbocycles. The van der Waals surface area contributed by atoms with Crippen LogP contribution < -0.4 is 5.73 Å². The summed E-state index contributed by atoms with van der Waals surface area (Å²) in [5, 5.41) is 0. The van der Waals surface area contributed by atoms with Crippen molar-refractivity contribution in [3.63, 3.8) is 0 Å². The monoisotopic (exact) mass is 258 g/mol. The second-order valence-electron chi connectivity index (χ2n) is 5.02. The maximum absolute atomic E-state index is 13.5. The van der Waals surface area contributed by atoms with Crippen LogP contribution in [0.5, 0.6) is 0 Å². The molecule has 2 rings (SSSR count). The van der Waals surface area contributed by atoms with Crippen molar-refractivity contribution in [2.75, 3.05) is 13.1 Å². The number of rotatable bonds is 2. The summed E-state index contributed by atoms with van der Waals surface area (Å²) in [7, 11) is 0. The lowest BCUT2D eigenvalue weighted by Gasteiger charge is -2.35. The van der Waals surface area contributed by atoms with Crippen LogP contribution in [0.3, 0.4) is 0 Å². The molecular weight excluding hydrogens is 241 g/mol. The van der Waals surface area contributed by atoms with E-state index in [0.717, 1.165) is 25.6 Å². The summed E-state index contributed by atoms with van der Waals surface area (Å²) >= 11 is 0. The topological polar surface area (TPSA) is 29.3 Å². The van der Waals surface area contributed by atoms with Crippen molar-refractivity contribution in [2.24, 2.45) is 11.7 Å². The van der Waals surface area contributed by atoms with Gasteiger partial charge in [0.15, 0.2) is 11.6 Å².